The normalized spacial score (nSPS) is 13.7. The van der Waals surface area contributed by atoms with Gasteiger partial charge in [-0.1, -0.05) is 190 Å². The highest BCUT2D eigenvalue weighted by Gasteiger charge is 2.35. The lowest BCUT2D eigenvalue weighted by Crippen LogP contribution is -2.14. The first kappa shape index (κ1) is 32.6. The van der Waals surface area contributed by atoms with E-state index >= 15 is 0 Å². The van der Waals surface area contributed by atoms with Gasteiger partial charge in [0.15, 0.2) is 0 Å². The highest BCUT2D eigenvalue weighted by molar-refractivity contribution is 5.86. The van der Waals surface area contributed by atoms with Crippen molar-refractivity contribution in [2.24, 2.45) is 0 Å². The van der Waals surface area contributed by atoms with Gasteiger partial charge in [0.25, 0.3) is 0 Å². The summed E-state index contributed by atoms with van der Waals surface area (Å²) in [5.41, 5.74) is 16.4. The summed E-state index contributed by atoms with van der Waals surface area (Å²) in [7, 11) is 0. The molecule has 0 fully saturated rings. The van der Waals surface area contributed by atoms with Gasteiger partial charge in [-0.3, -0.25) is 0 Å². The molecule has 0 bridgehead atoms. The largest absolute Gasteiger partial charge is 0.0877 e. The van der Waals surface area contributed by atoms with Crippen LogP contribution in [0.2, 0.25) is 0 Å². The molecule has 0 saturated heterocycles. The molecule has 0 saturated carbocycles. The molecule has 6 aromatic rings. The summed E-state index contributed by atoms with van der Waals surface area (Å²) in [6.07, 6.45) is 20.4. The van der Waals surface area contributed by atoms with E-state index < -0.39 is 0 Å². The topological polar surface area (TPSA) is 0 Å². The number of benzene rings is 6. The van der Waals surface area contributed by atoms with E-state index in [9.17, 15) is 0 Å². The predicted molar refractivity (Wildman–Crippen MR) is 217 cm³/mol. The van der Waals surface area contributed by atoms with Crippen LogP contribution in [-0.2, 0) is 5.41 Å². The lowest BCUT2D eigenvalue weighted by molar-refractivity contribution is 0.660. The van der Waals surface area contributed by atoms with Crippen molar-refractivity contribution < 1.29 is 0 Å². The predicted octanol–water partition coefficient (Wildman–Crippen LogP) is 13.9. The molecule has 1 aliphatic carbocycles. The van der Waals surface area contributed by atoms with E-state index in [-0.39, 0.29) is 5.41 Å². The highest BCUT2D eigenvalue weighted by atomic mass is 14.4. The SMILES string of the molecule is C\C=C/C=C\C=C\C=C/C=C\c1ccc(-c2ccc(-c3cc(-c4ccccc4)cc(-c4ccc5c(c4)C(C)(C)c4ccccc4-5)c3)cc2)cc1. The van der Waals surface area contributed by atoms with Crippen LogP contribution < -0.4 is 0 Å². The van der Waals surface area contributed by atoms with Crippen LogP contribution in [0.1, 0.15) is 37.5 Å². The number of allylic oxidation sites excluding steroid dienone is 9. The second-order valence-electron chi connectivity index (χ2n) is 13.3. The van der Waals surface area contributed by atoms with Gasteiger partial charge in [0.05, 0.1) is 0 Å². The molecular formula is C50H42. The first-order valence-corrected chi connectivity index (χ1v) is 17.5. The second kappa shape index (κ2) is 14.6. The Kier molecular flexibility index (Phi) is 9.54. The van der Waals surface area contributed by atoms with Gasteiger partial charge in [0, 0.05) is 5.41 Å². The molecule has 0 nitrogen and oxygen atoms in total. The van der Waals surface area contributed by atoms with Gasteiger partial charge in [-0.25, -0.2) is 0 Å². The van der Waals surface area contributed by atoms with Gasteiger partial charge >= 0.3 is 0 Å². The molecule has 6 aromatic carbocycles. The lowest BCUT2D eigenvalue weighted by atomic mass is 9.81. The van der Waals surface area contributed by atoms with Crippen molar-refractivity contribution >= 4 is 6.08 Å². The zero-order valence-electron chi connectivity index (χ0n) is 29.1. The molecule has 0 spiro atoms. The molecule has 7 rings (SSSR count). The zero-order valence-corrected chi connectivity index (χ0v) is 29.1. The van der Waals surface area contributed by atoms with E-state index in [1.165, 1.54) is 72.3 Å². The zero-order chi connectivity index (χ0) is 34.3. The van der Waals surface area contributed by atoms with Crippen LogP contribution in [0.3, 0.4) is 0 Å². The van der Waals surface area contributed by atoms with E-state index in [1.807, 2.05) is 49.5 Å². The smallest absolute Gasteiger partial charge is 0.0159 e. The minimum atomic E-state index is -0.0374. The van der Waals surface area contributed by atoms with Crippen molar-refractivity contribution in [3.05, 3.63) is 211 Å². The molecule has 0 heterocycles. The Balaban J connectivity index is 1.15. The van der Waals surface area contributed by atoms with E-state index in [1.54, 1.807) is 0 Å². The van der Waals surface area contributed by atoms with Crippen molar-refractivity contribution in [1.29, 1.82) is 0 Å². The fourth-order valence-corrected chi connectivity index (χ4v) is 6.95. The first-order chi connectivity index (χ1) is 24.5. The van der Waals surface area contributed by atoms with Gasteiger partial charge in [-0.05, 0) is 104 Å². The van der Waals surface area contributed by atoms with E-state index in [4.69, 9.17) is 0 Å². The van der Waals surface area contributed by atoms with Gasteiger partial charge in [-0.15, -0.1) is 0 Å². The van der Waals surface area contributed by atoms with E-state index in [0.29, 0.717) is 0 Å². The second-order valence-corrected chi connectivity index (χ2v) is 13.3. The maximum absolute atomic E-state index is 2.42. The minimum Gasteiger partial charge on any atom is -0.0877 e. The lowest BCUT2D eigenvalue weighted by Gasteiger charge is -2.22. The summed E-state index contributed by atoms with van der Waals surface area (Å²) >= 11 is 0. The van der Waals surface area contributed by atoms with Crippen LogP contribution in [0.25, 0.3) is 61.7 Å². The molecule has 0 atom stereocenters. The van der Waals surface area contributed by atoms with Crippen LogP contribution >= 0.6 is 0 Å². The van der Waals surface area contributed by atoms with Crippen LogP contribution in [0.4, 0.5) is 0 Å². The van der Waals surface area contributed by atoms with Crippen LogP contribution in [0.15, 0.2) is 194 Å². The van der Waals surface area contributed by atoms with Gasteiger partial charge < -0.3 is 0 Å². The monoisotopic (exact) mass is 642 g/mol. The number of rotatable bonds is 9. The molecule has 1 aliphatic rings. The Morgan fingerprint density at radius 3 is 1.46 bits per heavy atom. The maximum Gasteiger partial charge on any atom is 0.0159 e. The molecule has 0 amide bonds. The van der Waals surface area contributed by atoms with Crippen LogP contribution in [-0.4, -0.2) is 0 Å². The summed E-state index contributed by atoms with van der Waals surface area (Å²) in [5.74, 6) is 0. The average Bonchev–Trinajstić information content (AvgIpc) is 3.40. The molecule has 50 heavy (non-hydrogen) atoms. The Hall–Kier alpha value is -5.98. The number of fused-ring (bicyclic) bond motifs is 3. The Morgan fingerprint density at radius 1 is 0.360 bits per heavy atom. The third-order valence-electron chi connectivity index (χ3n) is 9.68. The Morgan fingerprint density at radius 2 is 0.820 bits per heavy atom. The number of hydrogen-bond donors (Lipinski definition) is 0. The van der Waals surface area contributed by atoms with Crippen molar-refractivity contribution in [3.8, 4) is 55.6 Å². The summed E-state index contributed by atoms with van der Waals surface area (Å²) in [6, 6.07) is 51.4. The highest BCUT2D eigenvalue weighted by Crippen LogP contribution is 2.49. The molecule has 0 aliphatic heterocycles. The third-order valence-corrected chi connectivity index (χ3v) is 9.68. The third kappa shape index (κ3) is 6.93. The molecule has 242 valence electrons. The fourth-order valence-electron chi connectivity index (χ4n) is 6.95. The quantitative estimate of drug-likeness (QED) is 0.138. The Bertz CT molecular complexity index is 2250. The van der Waals surface area contributed by atoms with E-state index in [2.05, 4.69) is 172 Å². The number of hydrogen-bond acceptors (Lipinski definition) is 0. The van der Waals surface area contributed by atoms with Crippen molar-refractivity contribution in [2.75, 3.05) is 0 Å². The molecule has 0 heteroatoms. The molecule has 0 aromatic heterocycles. The van der Waals surface area contributed by atoms with E-state index in [0.717, 1.165) is 0 Å². The molecular weight excluding hydrogens is 601 g/mol. The summed E-state index contributed by atoms with van der Waals surface area (Å²) in [4.78, 5) is 0. The summed E-state index contributed by atoms with van der Waals surface area (Å²) < 4.78 is 0. The molecule has 0 radical (unpaired) electrons. The average molecular weight is 643 g/mol. The molecule has 0 unspecified atom stereocenters. The Labute approximate surface area is 297 Å². The van der Waals surface area contributed by atoms with Gasteiger partial charge in [-0.2, -0.15) is 0 Å². The van der Waals surface area contributed by atoms with Crippen molar-refractivity contribution in [3.63, 3.8) is 0 Å². The first-order valence-electron chi connectivity index (χ1n) is 17.5. The summed E-state index contributed by atoms with van der Waals surface area (Å²) in [6.45, 7) is 6.71. The van der Waals surface area contributed by atoms with Crippen LogP contribution in [0, 0.1) is 0 Å². The maximum atomic E-state index is 2.42. The molecule has 0 N–H and O–H groups in total. The summed E-state index contributed by atoms with van der Waals surface area (Å²) in [5, 5.41) is 0. The van der Waals surface area contributed by atoms with Crippen LogP contribution in [0.5, 0.6) is 0 Å². The van der Waals surface area contributed by atoms with Gasteiger partial charge in [0.2, 0.25) is 0 Å². The fraction of sp³-hybridized carbons (Fsp3) is 0.0800. The van der Waals surface area contributed by atoms with Crippen molar-refractivity contribution in [2.45, 2.75) is 26.2 Å². The minimum absolute atomic E-state index is 0.0374. The van der Waals surface area contributed by atoms with Crippen molar-refractivity contribution in [1.82, 2.24) is 0 Å². The van der Waals surface area contributed by atoms with Gasteiger partial charge in [0.1, 0.15) is 0 Å². The standard InChI is InChI=1S/C50H42/c1-4-5-6-7-8-9-10-11-13-18-37-23-25-39(26-24-37)40-27-29-41(30-28-40)44-33-43(38-19-14-12-15-20-38)34-45(35-44)42-31-32-47-46-21-16-17-22-48(46)50(2,3)49(47)36-42/h4-36H,1-3H3/b5-4-,7-6-,9-8+,11-10-,18-13-.